The molecule has 33 heavy (non-hydrogen) atoms. The number of hydrogen-bond donors (Lipinski definition) is 1. The van der Waals surface area contributed by atoms with E-state index in [4.69, 9.17) is 16.3 Å². The molecule has 4 rings (SSSR count). The van der Waals surface area contributed by atoms with Crippen molar-refractivity contribution in [2.45, 2.75) is 20.8 Å². The molecule has 0 unspecified atom stereocenters. The summed E-state index contributed by atoms with van der Waals surface area (Å²) >= 11 is 6.18. The molecule has 3 aromatic carbocycles. The van der Waals surface area contributed by atoms with Gasteiger partial charge in [0.1, 0.15) is 16.5 Å². The number of rotatable bonds is 5. The second-order valence-electron chi connectivity index (χ2n) is 7.81. The summed E-state index contributed by atoms with van der Waals surface area (Å²) in [6.07, 6.45) is 0. The molecule has 0 bridgehead atoms. The van der Waals surface area contributed by atoms with Gasteiger partial charge in [0.25, 0.3) is 11.8 Å². The average molecular weight is 461 g/mol. The fraction of sp³-hybridized carbons (Fsp3) is 0.115. The highest BCUT2D eigenvalue weighted by molar-refractivity contribution is 6.53. The third kappa shape index (κ3) is 4.52. The maximum Gasteiger partial charge on any atom is 0.343 e. The molecule has 0 spiro atoms. The topological polar surface area (TPSA) is 75.7 Å². The summed E-state index contributed by atoms with van der Waals surface area (Å²) in [5.41, 5.74) is 4.32. The summed E-state index contributed by atoms with van der Waals surface area (Å²) in [6, 6.07) is 18.8. The molecule has 0 fully saturated rings. The van der Waals surface area contributed by atoms with Gasteiger partial charge in [-0.3, -0.25) is 9.59 Å². The Morgan fingerprint density at radius 1 is 0.879 bits per heavy atom. The van der Waals surface area contributed by atoms with E-state index in [1.807, 2.05) is 32.9 Å². The van der Waals surface area contributed by atoms with Gasteiger partial charge in [-0.2, -0.15) is 0 Å². The highest BCUT2D eigenvalue weighted by atomic mass is 35.5. The molecule has 0 saturated carbocycles. The third-order valence-electron chi connectivity index (χ3n) is 5.37. The summed E-state index contributed by atoms with van der Waals surface area (Å²) in [7, 11) is 0. The predicted octanol–water partition coefficient (Wildman–Crippen LogP) is 5.27. The fourth-order valence-corrected chi connectivity index (χ4v) is 3.60. The van der Waals surface area contributed by atoms with Crippen LogP contribution in [0.15, 0.2) is 77.5 Å². The molecular formula is C26H21ClN2O4. The van der Waals surface area contributed by atoms with Crippen LogP contribution >= 0.6 is 11.6 Å². The molecule has 6 nitrogen and oxygen atoms in total. The molecule has 0 aromatic heterocycles. The Hall–Kier alpha value is -3.90. The number of hydrogen-bond acceptors (Lipinski definition) is 5. The van der Waals surface area contributed by atoms with Crippen molar-refractivity contribution >= 4 is 40.8 Å². The fourth-order valence-electron chi connectivity index (χ4n) is 3.39. The van der Waals surface area contributed by atoms with Crippen molar-refractivity contribution in [3.8, 4) is 5.75 Å². The zero-order valence-corrected chi connectivity index (χ0v) is 19.1. The number of carbonyl (C=O) groups excluding carboxylic acids is 3. The average Bonchev–Trinajstić information content (AvgIpc) is 3.00. The van der Waals surface area contributed by atoms with Gasteiger partial charge in [0.2, 0.25) is 0 Å². The Morgan fingerprint density at radius 3 is 2.27 bits per heavy atom. The van der Waals surface area contributed by atoms with Crippen LogP contribution in [-0.2, 0) is 9.59 Å². The first-order chi connectivity index (χ1) is 15.7. The summed E-state index contributed by atoms with van der Waals surface area (Å²) in [5.74, 6) is -1.18. The van der Waals surface area contributed by atoms with Crippen molar-refractivity contribution in [3.63, 3.8) is 0 Å². The summed E-state index contributed by atoms with van der Waals surface area (Å²) in [6.45, 7) is 5.80. The van der Waals surface area contributed by atoms with E-state index < -0.39 is 17.8 Å². The van der Waals surface area contributed by atoms with Gasteiger partial charge in [-0.15, -0.1) is 0 Å². The van der Waals surface area contributed by atoms with E-state index in [9.17, 15) is 14.4 Å². The largest absolute Gasteiger partial charge is 0.423 e. The highest BCUT2D eigenvalue weighted by Crippen LogP contribution is 2.30. The van der Waals surface area contributed by atoms with Gasteiger partial charge in [-0.05, 0) is 86.0 Å². The van der Waals surface area contributed by atoms with E-state index in [0.717, 1.165) is 21.6 Å². The number of benzene rings is 3. The molecule has 1 N–H and O–H groups in total. The maximum absolute atomic E-state index is 12.9. The minimum absolute atomic E-state index is 0.0198. The molecule has 166 valence electrons. The van der Waals surface area contributed by atoms with Crippen molar-refractivity contribution in [3.05, 3.63) is 99.7 Å². The summed E-state index contributed by atoms with van der Waals surface area (Å²) in [4.78, 5) is 39.0. The van der Waals surface area contributed by atoms with Crippen LogP contribution in [0.4, 0.5) is 11.4 Å². The van der Waals surface area contributed by atoms with Crippen molar-refractivity contribution in [1.82, 2.24) is 0 Å². The Morgan fingerprint density at radius 2 is 1.61 bits per heavy atom. The van der Waals surface area contributed by atoms with Crippen LogP contribution in [0.2, 0.25) is 0 Å². The normalized spacial score (nSPS) is 13.5. The molecule has 1 aliphatic rings. The van der Waals surface area contributed by atoms with Crippen molar-refractivity contribution < 1.29 is 19.1 Å². The number of carbonyl (C=O) groups is 3. The number of ether oxygens (including phenoxy) is 1. The van der Waals surface area contributed by atoms with Crippen molar-refractivity contribution in [2.24, 2.45) is 0 Å². The predicted molar refractivity (Wildman–Crippen MR) is 127 cm³/mol. The summed E-state index contributed by atoms with van der Waals surface area (Å²) < 4.78 is 5.44. The van der Waals surface area contributed by atoms with E-state index in [1.165, 1.54) is 0 Å². The van der Waals surface area contributed by atoms with Crippen LogP contribution in [0, 0.1) is 20.8 Å². The number of anilines is 2. The van der Waals surface area contributed by atoms with Crippen molar-refractivity contribution in [2.75, 3.05) is 10.2 Å². The third-order valence-corrected chi connectivity index (χ3v) is 5.72. The molecular weight excluding hydrogens is 440 g/mol. The van der Waals surface area contributed by atoms with Crippen LogP contribution in [0.25, 0.3) is 0 Å². The van der Waals surface area contributed by atoms with E-state index >= 15 is 0 Å². The highest BCUT2D eigenvalue weighted by Gasteiger charge is 2.39. The molecule has 0 atom stereocenters. The summed E-state index contributed by atoms with van der Waals surface area (Å²) in [5, 5.41) is 2.70. The zero-order valence-electron chi connectivity index (χ0n) is 18.3. The van der Waals surface area contributed by atoms with Gasteiger partial charge >= 0.3 is 5.97 Å². The second-order valence-corrected chi connectivity index (χ2v) is 8.19. The van der Waals surface area contributed by atoms with Crippen LogP contribution in [-0.4, -0.2) is 17.8 Å². The van der Waals surface area contributed by atoms with Crippen LogP contribution < -0.4 is 15.0 Å². The van der Waals surface area contributed by atoms with Crippen LogP contribution in [0.3, 0.4) is 0 Å². The maximum atomic E-state index is 12.9. The Balaban J connectivity index is 1.48. The van der Waals surface area contributed by atoms with Gasteiger partial charge in [-0.25, -0.2) is 9.69 Å². The van der Waals surface area contributed by atoms with Gasteiger partial charge in [0.15, 0.2) is 0 Å². The molecule has 3 aromatic rings. The van der Waals surface area contributed by atoms with Crippen LogP contribution in [0.1, 0.15) is 27.0 Å². The standard InChI is InChI=1S/C26H21ClN2O4/c1-15-5-4-6-20(13-15)29-24(30)22(27)23(25(29)31)28-19-10-8-18(9-11-19)26(32)33-21-12-7-16(2)17(3)14-21/h4-14,28H,1-3H3. The van der Waals surface area contributed by atoms with Gasteiger partial charge in [-0.1, -0.05) is 29.8 Å². The zero-order chi connectivity index (χ0) is 23.7. The number of imide groups is 1. The molecule has 2 amide bonds. The van der Waals surface area contributed by atoms with Gasteiger partial charge < -0.3 is 10.1 Å². The second kappa shape index (κ2) is 8.92. The minimum Gasteiger partial charge on any atom is -0.423 e. The lowest BCUT2D eigenvalue weighted by Gasteiger charge is -2.15. The number of halogens is 1. The molecule has 0 aliphatic carbocycles. The first kappa shape index (κ1) is 22.3. The first-order valence-corrected chi connectivity index (χ1v) is 10.6. The molecule has 7 heteroatoms. The number of esters is 1. The van der Waals surface area contributed by atoms with Crippen molar-refractivity contribution in [1.29, 1.82) is 0 Å². The number of nitrogens with one attached hydrogen (secondary N) is 1. The smallest absolute Gasteiger partial charge is 0.343 e. The van der Waals surface area contributed by atoms with Gasteiger partial charge in [0.05, 0.1) is 11.3 Å². The number of aryl methyl sites for hydroxylation is 3. The lowest BCUT2D eigenvalue weighted by Crippen LogP contribution is -2.32. The Labute approximate surface area is 196 Å². The molecule has 1 aliphatic heterocycles. The first-order valence-electron chi connectivity index (χ1n) is 10.3. The van der Waals surface area contributed by atoms with E-state index in [2.05, 4.69) is 5.32 Å². The van der Waals surface area contributed by atoms with E-state index in [-0.39, 0.29) is 10.7 Å². The SMILES string of the molecule is Cc1cccc(N2C(=O)C(Cl)=C(Nc3ccc(C(=O)Oc4ccc(C)c(C)c4)cc3)C2=O)c1. The Bertz CT molecular complexity index is 1310. The quantitative estimate of drug-likeness (QED) is 0.319. The molecule has 1 heterocycles. The number of nitrogens with zero attached hydrogens (tertiary/aromatic N) is 1. The minimum atomic E-state index is -0.594. The molecule has 0 radical (unpaired) electrons. The van der Waals surface area contributed by atoms with Gasteiger partial charge in [0, 0.05) is 5.69 Å². The lowest BCUT2D eigenvalue weighted by molar-refractivity contribution is -0.120. The lowest BCUT2D eigenvalue weighted by atomic mass is 10.1. The monoisotopic (exact) mass is 460 g/mol. The van der Waals surface area contributed by atoms with E-state index in [0.29, 0.717) is 22.7 Å². The van der Waals surface area contributed by atoms with Crippen LogP contribution in [0.5, 0.6) is 5.75 Å². The molecule has 0 saturated heterocycles. The number of amides is 2. The Kier molecular flexibility index (Phi) is 6.03. The van der Waals surface area contributed by atoms with E-state index in [1.54, 1.807) is 54.6 Å².